The minimum absolute atomic E-state index is 0.0995. The van der Waals surface area contributed by atoms with E-state index < -0.39 is 54.8 Å². The van der Waals surface area contributed by atoms with Gasteiger partial charge in [-0.1, -0.05) is 6.42 Å². The minimum atomic E-state index is -1.41. The van der Waals surface area contributed by atoms with Crippen molar-refractivity contribution >= 4 is 41.5 Å². The molecule has 2 rings (SSSR count). The summed E-state index contributed by atoms with van der Waals surface area (Å²) < 4.78 is 0. The molecule has 0 radical (unpaired) electrons. The van der Waals surface area contributed by atoms with Gasteiger partial charge in [-0.15, -0.1) is 0 Å². The molecule has 3 atom stereocenters. The molecule has 0 aliphatic carbocycles. The molecule has 0 aromatic carbocycles. The van der Waals surface area contributed by atoms with Gasteiger partial charge in [0.2, 0.25) is 29.5 Å². The van der Waals surface area contributed by atoms with Crippen LogP contribution in [0, 0.1) is 0 Å². The van der Waals surface area contributed by atoms with Gasteiger partial charge in [-0.05, 0) is 38.5 Å². The lowest BCUT2D eigenvalue weighted by Gasteiger charge is -2.28. The number of aliphatic imine (C=N–C) groups is 1. The zero-order valence-corrected chi connectivity index (χ0v) is 21.4. The number of aliphatic carboxylic acids is 1. The SMILES string of the molecule is NC(N)=NCCC[C@@H]1NC(=O)CCCCCNC(=O)[C@@H]2CCCN2C(=O)[C@H](CC(=O)O)NC(=O)CNC1=O. The molecule has 5 amide bonds. The Morgan fingerprint density at radius 3 is 2.39 bits per heavy atom. The Morgan fingerprint density at radius 1 is 0.947 bits per heavy atom. The van der Waals surface area contributed by atoms with E-state index in [2.05, 4.69) is 26.3 Å². The van der Waals surface area contributed by atoms with Crippen LogP contribution < -0.4 is 32.7 Å². The number of guanidine groups is 1. The van der Waals surface area contributed by atoms with Crippen LogP contribution in [0.4, 0.5) is 0 Å². The fourth-order valence-corrected chi connectivity index (χ4v) is 4.37. The molecular formula is C23H38N8O7. The van der Waals surface area contributed by atoms with Gasteiger partial charge in [0, 0.05) is 26.1 Å². The molecule has 0 aromatic rings. The van der Waals surface area contributed by atoms with Crippen LogP contribution in [0.2, 0.25) is 0 Å². The average molecular weight is 539 g/mol. The maximum Gasteiger partial charge on any atom is 0.305 e. The summed E-state index contributed by atoms with van der Waals surface area (Å²) in [5.41, 5.74) is 10.6. The van der Waals surface area contributed by atoms with Crippen LogP contribution >= 0.6 is 0 Å². The van der Waals surface area contributed by atoms with Crippen LogP contribution in [0.3, 0.4) is 0 Å². The van der Waals surface area contributed by atoms with Gasteiger partial charge in [-0.25, -0.2) is 0 Å². The predicted octanol–water partition coefficient (Wildman–Crippen LogP) is -2.72. The first-order valence-corrected chi connectivity index (χ1v) is 12.8. The van der Waals surface area contributed by atoms with E-state index >= 15 is 0 Å². The largest absolute Gasteiger partial charge is 0.481 e. The average Bonchev–Trinajstić information content (AvgIpc) is 3.34. The summed E-state index contributed by atoms with van der Waals surface area (Å²) >= 11 is 0. The monoisotopic (exact) mass is 538 g/mol. The number of carbonyl (C=O) groups is 6. The number of carbonyl (C=O) groups excluding carboxylic acids is 5. The molecular weight excluding hydrogens is 500 g/mol. The van der Waals surface area contributed by atoms with Crippen LogP contribution in [0.5, 0.6) is 0 Å². The van der Waals surface area contributed by atoms with Crippen molar-refractivity contribution in [3.8, 4) is 0 Å². The molecule has 9 N–H and O–H groups in total. The maximum atomic E-state index is 13.1. The van der Waals surface area contributed by atoms with E-state index in [1.807, 2.05) is 0 Å². The summed E-state index contributed by atoms with van der Waals surface area (Å²) in [5.74, 6) is -4.18. The predicted molar refractivity (Wildman–Crippen MR) is 135 cm³/mol. The molecule has 212 valence electrons. The second-order valence-corrected chi connectivity index (χ2v) is 9.30. The summed E-state index contributed by atoms with van der Waals surface area (Å²) in [7, 11) is 0. The second kappa shape index (κ2) is 15.4. The number of rotatable bonds is 6. The van der Waals surface area contributed by atoms with Gasteiger partial charge in [0.25, 0.3) is 0 Å². The lowest BCUT2D eigenvalue weighted by Crippen LogP contribution is -2.55. The number of carboxylic acid groups (broad SMARTS) is 1. The smallest absolute Gasteiger partial charge is 0.305 e. The van der Waals surface area contributed by atoms with Crippen molar-refractivity contribution in [3.63, 3.8) is 0 Å². The van der Waals surface area contributed by atoms with Gasteiger partial charge >= 0.3 is 5.97 Å². The fraction of sp³-hybridized carbons (Fsp3) is 0.696. The van der Waals surface area contributed by atoms with E-state index in [0.29, 0.717) is 45.1 Å². The third-order valence-electron chi connectivity index (χ3n) is 6.25. The highest BCUT2D eigenvalue weighted by atomic mass is 16.4. The van der Waals surface area contributed by atoms with Gasteiger partial charge in [0.15, 0.2) is 5.96 Å². The van der Waals surface area contributed by atoms with Crippen molar-refractivity contribution < 1.29 is 33.9 Å². The van der Waals surface area contributed by atoms with Crippen molar-refractivity contribution in [2.24, 2.45) is 16.5 Å². The number of nitrogens with one attached hydrogen (secondary N) is 4. The number of nitrogens with two attached hydrogens (primary N) is 2. The molecule has 0 aromatic heterocycles. The van der Waals surface area contributed by atoms with E-state index in [-0.39, 0.29) is 43.7 Å². The quantitative estimate of drug-likeness (QED) is 0.105. The standard InChI is InChI=1S/C23H38N8O7/c24-23(25)27-10-4-6-14-20(36)28-13-18(33)30-15(12-19(34)35)22(38)31-11-5-7-16(31)21(37)26-9-3-1-2-8-17(32)29-14/h14-16H,1-13H2,(H,26,37)(H,28,36)(H,29,32)(H,30,33)(H,34,35)(H4,24,25,27)/t14-,15-,16-/m0/s1. The third-order valence-corrected chi connectivity index (χ3v) is 6.25. The van der Waals surface area contributed by atoms with E-state index in [1.54, 1.807) is 0 Å². The van der Waals surface area contributed by atoms with E-state index in [9.17, 15) is 33.9 Å². The normalized spacial score (nSPS) is 24.5. The molecule has 0 bridgehead atoms. The Morgan fingerprint density at radius 2 is 1.68 bits per heavy atom. The molecule has 38 heavy (non-hydrogen) atoms. The summed E-state index contributed by atoms with van der Waals surface area (Å²) in [6, 6.07) is -3.13. The number of hydrogen-bond donors (Lipinski definition) is 7. The lowest BCUT2D eigenvalue weighted by molar-refractivity contribution is -0.145. The van der Waals surface area contributed by atoms with E-state index in [4.69, 9.17) is 11.5 Å². The zero-order chi connectivity index (χ0) is 28.1. The Balaban J connectivity index is 2.16. The van der Waals surface area contributed by atoms with Gasteiger partial charge in [-0.3, -0.25) is 33.8 Å². The minimum Gasteiger partial charge on any atom is -0.481 e. The number of nitrogens with zero attached hydrogens (tertiary/aromatic N) is 2. The Labute approximate surface area is 220 Å². The molecule has 0 spiro atoms. The summed E-state index contributed by atoms with van der Waals surface area (Å²) in [6.07, 6.45) is 2.87. The molecule has 0 saturated carbocycles. The number of fused-ring (bicyclic) bond motifs is 1. The topological polar surface area (TPSA) is 238 Å². The maximum absolute atomic E-state index is 13.1. The van der Waals surface area contributed by atoms with Crippen LogP contribution in [0.15, 0.2) is 4.99 Å². The Hall–Kier alpha value is -3.91. The highest BCUT2D eigenvalue weighted by Gasteiger charge is 2.38. The summed E-state index contributed by atoms with van der Waals surface area (Å²) in [4.78, 5) is 80.2. The van der Waals surface area contributed by atoms with E-state index in [0.717, 1.165) is 0 Å². The van der Waals surface area contributed by atoms with Crippen molar-refractivity contribution in [2.45, 2.75) is 75.9 Å². The summed E-state index contributed by atoms with van der Waals surface area (Å²) in [6.45, 7) is 0.302. The highest BCUT2D eigenvalue weighted by molar-refractivity contribution is 5.96. The van der Waals surface area contributed by atoms with E-state index in [1.165, 1.54) is 4.90 Å². The summed E-state index contributed by atoms with van der Waals surface area (Å²) in [5, 5.41) is 19.5. The van der Waals surface area contributed by atoms with Crippen LogP contribution in [0.25, 0.3) is 0 Å². The molecule has 2 fully saturated rings. The van der Waals surface area contributed by atoms with Crippen LogP contribution in [-0.4, -0.2) is 95.8 Å². The van der Waals surface area contributed by atoms with Crippen LogP contribution in [-0.2, 0) is 28.8 Å². The Bertz CT molecular complexity index is 921. The molecule has 2 aliphatic heterocycles. The molecule has 2 saturated heterocycles. The van der Waals surface area contributed by atoms with Crippen molar-refractivity contribution in [2.75, 3.05) is 26.2 Å². The van der Waals surface area contributed by atoms with Gasteiger partial charge in [0.1, 0.15) is 18.1 Å². The van der Waals surface area contributed by atoms with Gasteiger partial charge < -0.3 is 42.7 Å². The lowest BCUT2D eigenvalue weighted by atomic mass is 10.1. The Kier molecular flexibility index (Phi) is 12.3. The highest BCUT2D eigenvalue weighted by Crippen LogP contribution is 2.19. The first-order valence-electron chi connectivity index (χ1n) is 12.8. The molecule has 15 nitrogen and oxygen atoms in total. The molecule has 2 aliphatic rings. The van der Waals surface area contributed by atoms with Crippen LogP contribution in [0.1, 0.15) is 57.8 Å². The van der Waals surface area contributed by atoms with Crippen molar-refractivity contribution in [3.05, 3.63) is 0 Å². The zero-order valence-electron chi connectivity index (χ0n) is 21.4. The first-order chi connectivity index (χ1) is 18.1. The van der Waals surface area contributed by atoms with Gasteiger partial charge in [0.05, 0.1) is 13.0 Å². The first kappa shape index (κ1) is 30.3. The van der Waals surface area contributed by atoms with Crippen molar-refractivity contribution in [1.29, 1.82) is 0 Å². The fourth-order valence-electron chi connectivity index (χ4n) is 4.37. The number of carboxylic acids is 1. The number of amides is 5. The second-order valence-electron chi connectivity index (χ2n) is 9.30. The molecule has 0 unspecified atom stereocenters. The molecule has 2 heterocycles. The third kappa shape index (κ3) is 10.2. The van der Waals surface area contributed by atoms with Gasteiger partial charge in [-0.2, -0.15) is 0 Å². The molecule has 15 heteroatoms. The van der Waals surface area contributed by atoms with Crippen molar-refractivity contribution in [1.82, 2.24) is 26.2 Å². The number of hydrogen-bond acceptors (Lipinski definition) is 7.